The summed E-state index contributed by atoms with van der Waals surface area (Å²) >= 11 is 1.49. The quantitative estimate of drug-likeness (QED) is 0.510. The molecule has 3 rings (SSSR count). The molecule has 166 valence electrons. The van der Waals surface area contributed by atoms with Crippen molar-refractivity contribution >= 4 is 23.4 Å². The second-order valence-corrected chi connectivity index (χ2v) is 8.37. The molecule has 1 atom stereocenters. The lowest BCUT2D eigenvalue weighted by Crippen LogP contribution is -2.34. The van der Waals surface area contributed by atoms with Gasteiger partial charge < -0.3 is 15.0 Å². The van der Waals surface area contributed by atoms with Crippen LogP contribution in [0.4, 0.5) is 0 Å². The number of carbonyl (C=O) groups excluding carboxylic acids is 1. The lowest BCUT2D eigenvalue weighted by Gasteiger charge is -2.26. The lowest BCUT2D eigenvalue weighted by molar-refractivity contribution is -0.121. The predicted octanol–water partition coefficient (Wildman–Crippen LogP) is 2.82. The SMILES string of the molecule is COc1ccccc1[C@@H](CNC(=O)CCc1c(C)nc2nc(SC)nn2c1C)N(C)C. The van der Waals surface area contributed by atoms with Gasteiger partial charge >= 0.3 is 0 Å². The van der Waals surface area contributed by atoms with Crippen molar-refractivity contribution in [2.24, 2.45) is 0 Å². The maximum atomic E-state index is 12.6. The van der Waals surface area contributed by atoms with Crippen molar-refractivity contribution in [1.29, 1.82) is 0 Å². The molecule has 31 heavy (non-hydrogen) atoms. The van der Waals surface area contributed by atoms with Gasteiger partial charge in [-0.15, -0.1) is 5.10 Å². The first-order valence-electron chi connectivity index (χ1n) is 10.2. The molecule has 0 spiro atoms. The number of likely N-dealkylation sites (N-methyl/N-ethyl adjacent to an activating group) is 1. The van der Waals surface area contributed by atoms with E-state index < -0.39 is 0 Å². The summed E-state index contributed by atoms with van der Waals surface area (Å²) in [5.41, 5.74) is 3.95. The van der Waals surface area contributed by atoms with Gasteiger partial charge in [-0.05, 0) is 52.2 Å². The molecule has 3 aromatic rings. The fourth-order valence-corrected chi connectivity index (χ4v) is 4.02. The number of amides is 1. The smallest absolute Gasteiger partial charge is 0.253 e. The Morgan fingerprint density at radius 2 is 2.00 bits per heavy atom. The molecule has 9 heteroatoms. The van der Waals surface area contributed by atoms with Crippen LogP contribution >= 0.6 is 11.8 Å². The fraction of sp³-hybridized carbons (Fsp3) is 0.455. The number of nitrogens with zero attached hydrogens (tertiary/aromatic N) is 5. The molecule has 1 N–H and O–H groups in total. The van der Waals surface area contributed by atoms with E-state index in [1.165, 1.54) is 11.8 Å². The Hall–Kier alpha value is -2.65. The minimum atomic E-state index is 0.00374. The molecule has 8 nitrogen and oxygen atoms in total. The highest BCUT2D eigenvalue weighted by Gasteiger charge is 2.19. The average Bonchev–Trinajstić information content (AvgIpc) is 3.17. The fourth-order valence-electron chi connectivity index (χ4n) is 3.69. The molecule has 0 aliphatic heterocycles. The minimum absolute atomic E-state index is 0.00374. The Labute approximate surface area is 187 Å². The van der Waals surface area contributed by atoms with E-state index >= 15 is 0 Å². The zero-order valence-electron chi connectivity index (χ0n) is 19.0. The number of hydrogen-bond acceptors (Lipinski definition) is 7. The first kappa shape index (κ1) is 23.0. The maximum absolute atomic E-state index is 12.6. The molecule has 0 radical (unpaired) electrons. The van der Waals surface area contributed by atoms with Gasteiger partial charge in [-0.2, -0.15) is 4.98 Å². The van der Waals surface area contributed by atoms with E-state index in [0.717, 1.165) is 28.3 Å². The maximum Gasteiger partial charge on any atom is 0.253 e. The Balaban J connectivity index is 1.67. The predicted molar refractivity (Wildman–Crippen MR) is 123 cm³/mol. The largest absolute Gasteiger partial charge is 0.496 e. The van der Waals surface area contributed by atoms with Crippen molar-refractivity contribution in [2.75, 3.05) is 34.0 Å². The van der Waals surface area contributed by atoms with E-state index in [2.05, 4.69) is 25.3 Å². The molecule has 0 aliphatic rings. The van der Waals surface area contributed by atoms with Gasteiger partial charge in [0.2, 0.25) is 11.1 Å². The Kier molecular flexibility index (Phi) is 7.50. The van der Waals surface area contributed by atoms with Crippen LogP contribution in [0.25, 0.3) is 5.78 Å². The van der Waals surface area contributed by atoms with Crippen molar-refractivity contribution in [3.8, 4) is 5.75 Å². The highest BCUT2D eigenvalue weighted by molar-refractivity contribution is 7.98. The summed E-state index contributed by atoms with van der Waals surface area (Å²) in [4.78, 5) is 23.7. The molecule has 0 saturated carbocycles. The van der Waals surface area contributed by atoms with Crippen molar-refractivity contribution < 1.29 is 9.53 Å². The van der Waals surface area contributed by atoms with E-state index in [9.17, 15) is 4.79 Å². The Morgan fingerprint density at radius 1 is 1.26 bits per heavy atom. The zero-order valence-corrected chi connectivity index (χ0v) is 19.8. The Morgan fingerprint density at radius 3 is 2.68 bits per heavy atom. The molecular weight excluding hydrogens is 412 g/mol. The van der Waals surface area contributed by atoms with Crippen LogP contribution in [0.1, 0.15) is 35.0 Å². The molecule has 0 bridgehead atoms. The number of aromatic nitrogens is 4. The van der Waals surface area contributed by atoms with E-state index in [1.807, 2.05) is 58.5 Å². The Bertz CT molecular complexity index is 1070. The van der Waals surface area contributed by atoms with Crippen molar-refractivity contribution in [3.63, 3.8) is 0 Å². The molecule has 2 aromatic heterocycles. The molecule has 0 saturated heterocycles. The number of rotatable bonds is 9. The van der Waals surface area contributed by atoms with Gasteiger partial charge in [0.25, 0.3) is 5.78 Å². The van der Waals surface area contributed by atoms with Gasteiger partial charge in [0, 0.05) is 29.9 Å². The molecule has 2 heterocycles. The number of para-hydroxylation sites is 1. The van der Waals surface area contributed by atoms with Crippen LogP contribution in [-0.2, 0) is 11.2 Å². The lowest BCUT2D eigenvalue weighted by atomic mass is 10.0. The first-order chi connectivity index (χ1) is 14.8. The van der Waals surface area contributed by atoms with Gasteiger partial charge in [-0.3, -0.25) is 4.79 Å². The number of carbonyl (C=O) groups is 1. The summed E-state index contributed by atoms with van der Waals surface area (Å²) in [6.45, 7) is 4.45. The highest BCUT2D eigenvalue weighted by atomic mass is 32.2. The number of thioether (sulfide) groups is 1. The third-order valence-corrected chi connectivity index (χ3v) is 5.97. The monoisotopic (exact) mass is 442 g/mol. The van der Waals surface area contributed by atoms with E-state index in [1.54, 1.807) is 11.6 Å². The van der Waals surface area contributed by atoms with Gasteiger partial charge in [-0.1, -0.05) is 30.0 Å². The van der Waals surface area contributed by atoms with Gasteiger partial charge in [0.1, 0.15) is 5.75 Å². The third kappa shape index (κ3) is 5.16. The van der Waals surface area contributed by atoms with E-state index in [0.29, 0.717) is 30.3 Å². The van der Waals surface area contributed by atoms with Crippen LogP contribution in [0.5, 0.6) is 5.75 Å². The van der Waals surface area contributed by atoms with Crippen molar-refractivity contribution in [3.05, 3.63) is 46.8 Å². The van der Waals surface area contributed by atoms with Gasteiger partial charge in [0.15, 0.2) is 0 Å². The minimum Gasteiger partial charge on any atom is -0.496 e. The highest BCUT2D eigenvalue weighted by Crippen LogP contribution is 2.27. The summed E-state index contributed by atoms with van der Waals surface area (Å²) in [6, 6.07) is 7.92. The number of nitrogens with one attached hydrogen (secondary N) is 1. The number of aryl methyl sites for hydroxylation is 2. The standard InChI is InChI=1S/C22H30N6O2S/c1-14-16(15(2)28-21(24-14)25-22(26-28)31-6)11-12-20(29)23-13-18(27(3)4)17-9-7-8-10-19(17)30-5/h7-10,18H,11-13H2,1-6H3,(H,23,29)/t18-/m1/s1. The molecule has 1 aromatic carbocycles. The second-order valence-electron chi connectivity index (χ2n) is 7.60. The molecule has 0 unspecified atom stereocenters. The number of benzene rings is 1. The summed E-state index contributed by atoms with van der Waals surface area (Å²) in [5.74, 6) is 1.42. The summed E-state index contributed by atoms with van der Waals surface area (Å²) in [6.07, 6.45) is 2.92. The van der Waals surface area contributed by atoms with Crippen LogP contribution in [-0.4, -0.2) is 64.4 Å². The first-order valence-corrected chi connectivity index (χ1v) is 11.4. The molecule has 0 fully saturated rings. The normalized spacial score (nSPS) is 12.4. The van der Waals surface area contributed by atoms with E-state index in [4.69, 9.17) is 4.74 Å². The van der Waals surface area contributed by atoms with Crippen LogP contribution in [0.3, 0.4) is 0 Å². The third-order valence-electron chi connectivity index (χ3n) is 5.43. The van der Waals surface area contributed by atoms with Crippen molar-refractivity contribution in [1.82, 2.24) is 29.8 Å². The van der Waals surface area contributed by atoms with Crippen LogP contribution in [0.15, 0.2) is 29.4 Å². The second kappa shape index (κ2) is 10.1. The molecular formula is C22H30N6O2S. The summed E-state index contributed by atoms with van der Waals surface area (Å²) in [5, 5.41) is 8.25. The topological polar surface area (TPSA) is 84.6 Å². The van der Waals surface area contributed by atoms with Crippen LogP contribution in [0, 0.1) is 13.8 Å². The number of hydrogen-bond donors (Lipinski definition) is 1. The van der Waals surface area contributed by atoms with Crippen LogP contribution in [0.2, 0.25) is 0 Å². The number of ether oxygens (including phenoxy) is 1. The average molecular weight is 443 g/mol. The van der Waals surface area contributed by atoms with Crippen molar-refractivity contribution in [2.45, 2.75) is 37.9 Å². The summed E-state index contributed by atoms with van der Waals surface area (Å²) in [7, 11) is 5.66. The molecule has 0 aliphatic carbocycles. The van der Waals surface area contributed by atoms with E-state index in [-0.39, 0.29) is 11.9 Å². The van der Waals surface area contributed by atoms with Gasteiger partial charge in [0.05, 0.1) is 13.2 Å². The molecule has 1 amide bonds. The van der Waals surface area contributed by atoms with Crippen LogP contribution < -0.4 is 10.1 Å². The number of fused-ring (bicyclic) bond motifs is 1. The zero-order chi connectivity index (χ0) is 22.5. The number of methoxy groups -OCH3 is 1. The summed E-state index contributed by atoms with van der Waals surface area (Å²) < 4.78 is 7.26. The van der Waals surface area contributed by atoms with Gasteiger partial charge in [-0.25, -0.2) is 9.50 Å².